The second-order valence-electron chi connectivity index (χ2n) is 6.38. The number of ketones is 1. The van der Waals surface area contributed by atoms with Gasteiger partial charge in [-0.2, -0.15) is 0 Å². The van der Waals surface area contributed by atoms with Crippen molar-refractivity contribution in [1.82, 2.24) is 0 Å². The molecule has 0 radical (unpaired) electrons. The summed E-state index contributed by atoms with van der Waals surface area (Å²) in [6.07, 6.45) is 8.89. The Kier molecular flexibility index (Phi) is 3.31. The minimum Gasteiger partial charge on any atom is -0.462 e. The SMILES string of the molecule is C=CC1C[C@]23CCC[C@H]2C[C@H]1C=C(C(=O)OCC)C3=O. The van der Waals surface area contributed by atoms with Gasteiger partial charge in [-0.3, -0.25) is 4.79 Å². The van der Waals surface area contributed by atoms with Crippen LogP contribution in [0, 0.1) is 23.2 Å². The van der Waals surface area contributed by atoms with Crippen molar-refractivity contribution in [3.05, 3.63) is 24.3 Å². The number of hydrogen-bond donors (Lipinski definition) is 0. The van der Waals surface area contributed by atoms with E-state index in [1.54, 1.807) is 6.92 Å². The summed E-state index contributed by atoms with van der Waals surface area (Å²) < 4.78 is 5.09. The van der Waals surface area contributed by atoms with E-state index in [4.69, 9.17) is 4.74 Å². The zero-order chi connectivity index (χ0) is 14.3. The zero-order valence-electron chi connectivity index (χ0n) is 12.1. The Morgan fingerprint density at radius 2 is 2.40 bits per heavy atom. The molecule has 0 N–H and O–H groups in total. The number of allylic oxidation sites excluding steroid dienone is 2. The third kappa shape index (κ3) is 1.79. The van der Waals surface area contributed by atoms with Gasteiger partial charge in [0.1, 0.15) is 0 Å². The largest absolute Gasteiger partial charge is 0.462 e. The van der Waals surface area contributed by atoms with E-state index in [9.17, 15) is 9.59 Å². The lowest BCUT2D eigenvalue weighted by Gasteiger charge is -2.42. The van der Waals surface area contributed by atoms with Gasteiger partial charge in [-0.15, -0.1) is 6.58 Å². The van der Waals surface area contributed by atoms with Crippen LogP contribution in [0.5, 0.6) is 0 Å². The van der Waals surface area contributed by atoms with Crippen LogP contribution in [0.15, 0.2) is 24.3 Å². The van der Waals surface area contributed by atoms with Gasteiger partial charge in [0, 0.05) is 5.41 Å². The second kappa shape index (κ2) is 4.87. The van der Waals surface area contributed by atoms with Crippen molar-refractivity contribution in [2.45, 2.75) is 39.0 Å². The average Bonchev–Trinajstić information content (AvgIpc) is 2.77. The molecule has 20 heavy (non-hydrogen) atoms. The number of hydrogen-bond acceptors (Lipinski definition) is 3. The first-order chi connectivity index (χ1) is 9.62. The average molecular weight is 274 g/mol. The van der Waals surface area contributed by atoms with Crippen LogP contribution in [-0.4, -0.2) is 18.4 Å². The third-order valence-electron chi connectivity index (χ3n) is 5.54. The zero-order valence-corrected chi connectivity index (χ0v) is 12.1. The number of esters is 1. The standard InChI is InChI=1S/C17H22O3/c1-3-11-10-17-7-5-6-13(17)8-12(11)9-14(15(17)18)16(19)20-4-2/h3,9,11-13H,1,4-8,10H2,2H3/t11?,12-,13-,17+/m0/s1. The van der Waals surface area contributed by atoms with Gasteiger partial charge in [-0.1, -0.05) is 18.6 Å². The molecule has 4 atom stereocenters. The van der Waals surface area contributed by atoms with Gasteiger partial charge < -0.3 is 4.74 Å². The maximum absolute atomic E-state index is 13.0. The molecule has 0 saturated heterocycles. The van der Waals surface area contributed by atoms with Crippen LogP contribution in [0.1, 0.15) is 39.0 Å². The van der Waals surface area contributed by atoms with E-state index in [0.717, 1.165) is 32.1 Å². The Hall–Kier alpha value is -1.38. The first-order valence-electron chi connectivity index (χ1n) is 7.68. The summed E-state index contributed by atoms with van der Waals surface area (Å²) in [6, 6.07) is 0. The monoisotopic (exact) mass is 274 g/mol. The van der Waals surface area contributed by atoms with E-state index < -0.39 is 5.97 Å². The maximum atomic E-state index is 13.0. The highest BCUT2D eigenvalue weighted by molar-refractivity contribution is 6.20. The molecule has 3 nitrogen and oxygen atoms in total. The summed E-state index contributed by atoms with van der Waals surface area (Å²) in [7, 11) is 0. The van der Waals surface area contributed by atoms with E-state index in [2.05, 4.69) is 6.58 Å². The molecule has 1 spiro atoms. The molecule has 2 bridgehead atoms. The lowest BCUT2D eigenvalue weighted by Crippen LogP contribution is -2.41. The molecule has 108 valence electrons. The van der Waals surface area contributed by atoms with Crippen LogP contribution in [-0.2, 0) is 14.3 Å². The number of fused-ring (bicyclic) bond motifs is 2. The summed E-state index contributed by atoms with van der Waals surface area (Å²) in [5, 5.41) is 0. The molecule has 0 aromatic carbocycles. The second-order valence-corrected chi connectivity index (χ2v) is 6.38. The quantitative estimate of drug-likeness (QED) is 0.451. The van der Waals surface area contributed by atoms with E-state index >= 15 is 0 Å². The molecule has 0 aromatic rings. The Bertz CT molecular complexity index is 490. The van der Waals surface area contributed by atoms with E-state index in [1.807, 2.05) is 12.2 Å². The molecule has 0 heterocycles. The molecule has 0 aliphatic heterocycles. The summed E-state index contributed by atoms with van der Waals surface area (Å²) >= 11 is 0. The minimum absolute atomic E-state index is 0.0466. The first kappa shape index (κ1) is 13.6. The summed E-state index contributed by atoms with van der Waals surface area (Å²) in [5.41, 5.74) is -0.00429. The van der Waals surface area contributed by atoms with Gasteiger partial charge in [0.2, 0.25) is 0 Å². The molecular formula is C17H22O3. The van der Waals surface area contributed by atoms with Gasteiger partial charge in [0.25, 0.3) is 0 Å². The number of ether oxygens (including phenoxy) is 1. The molecule has 1 unspecified atom stereocenters. The third-order valence-corrected chi connectivity index (χ3v) is 5.54. The van der Waals surface area contributed by atoms with E-state index in [0.29, 0.717) is 24.0 Å². The van der Waals surface area contributed by atoms with Gasteiger partial charge in [0.05, 0.1) is 12.2 Å². The van der Waals surface area contributed by atoms with Crippen LogP contribution < -0.4 is 0 Å². The molecule has 4 aliphatic carbocycles. The highest BCUT2D eigenvalue weighted by Gasteiger charge is 2.57. The number of carbonyl (C=O) groups is 2. The number of carbonyl (C=O) groups excluding carboxylic acids is 2. The van der Waals surface area contributed by atoms with Crippen molar-refractivity contribution in [2.75, 3.05) is 6.61 Å². The fourth-order valence-corrected chi connectivity index (χ4v) is 4.60. The molecule has 4 aliphatic rings. The Morgan fingerprint density at radius 1 is 1.60 bits per heavy atom. The van der Waals surface area contributed by atoms with Crippen molar-refractivity contribution in [3.8, 4) is 0 Å². The molecule has 0 amide bonds. The lowest BCUT2D eigenvalue weighted by molar-refractivity contribution is -0.142. The maximum Gasteiger partial charge on any atom is 0.341 e. The van der Waals surface area contributed by atoms with Gasteiger partial charge >= 0.3 is 5.97 Å². The predicted molar refractivity (Wildman–Crippen MR) is 75.9 cm³/mol. The van der Waals surface area contributed by atoms with E-state index in [1.165, 1.54) is 0 Å². The van der Waals surface area contributed by atoms with Crippen molar-refractivity contribution >= 4 is 11.8 Å². The highest BCUT2D eigenvalue weighted by Crippen LogP contribution is 2.59. The predicted octanol–water partition coefficient (Wildman–Crippen LogP) is 3.06. The van der Waals surface area contributed by atoms with Gasteiger partial charge in [0.15, 0.2) is 5.78 Å². The molecule has 2 fully saturated rings. The fourth-order valence-electron chi connectivity index (χ4n) is 4.60. The minimum atomic E-state index is -0.431. The fraction of sp³-hybridized carbons (Fsp3) is 0.647. The van der Waals surface area contributed by atoms with Crippen LogP contribution in [0.4, 0.5) is 0 Å². The highest BCUT2D eigenvalue weighted by atomic mass is 16.5. The van der Waals surface area contributed by atoms with Crippen LogP contribution in [0.3, 0.4) is 0 Å². The first-order valence-corrected chi connectivity index (χ1v) is 7.68. The molecule has 0 aromatic heterocycles. The van der Waals surface area contributed by atoms with Crippen molar-refractivity contribution in [2.24, 2.45) is 23.2 Å². The molecule has 3 heteroatoms. The smallest absolute Gasteiger partial charge is 0.341 e. The van der Waals surface area contributed by atoms with Crippen molar-refractivity contribution in [3.63, 3.8) is 0 Å². The normalized spacial score (nSPS) is 39.0. The van der Waals surface area contributed by atoms with Gasteiger partial charge in [-0.05, 0) is 50.4 Å². The molecule has 2 saturated carbocycles. The summed E-state index contributed by atoms with van der Waals surface area (Å²) in [5.74, 6) is 0.652. The van der Waals surface area contributed by atoms with Crippen LogP contribution in [0.2, 0.25) is 0 Å². The Morgan fingerprint density at radius 3 is 3.10 bits per heavy atom. The van der Waals surface area contributed by atoms with Crippen molar-refractivity contribution in [1.29, 1.82) is 0 Å². The summed E-state index contributed by atoms with van der Waals surface area (Å²) in [4.78, 5) is 25.1. The number of rotatable bonds is 3. The van der Waals surface area contributed by atoms with Gasteiger partial charge in [-0.25, -0.2) is 4.79 Å². The van der Waals surface area contributed by atoms with Crippen molar-refractivity contribution < 1.29 is 14.3 Å². The van der Waals surface area contributed by atoms with Crippen LogP contribution in [0.25, 0.3) is 0 Å². The Balaban J connectivity index is 2.04. The topological polar surface area (TPSA) is 43.4 Å². The Labute approximate surface area is 120 Å². The summed E-state index contributed by atoms with van der Waals surface area (Å²) in [6.45, 7) is 6.02. The molecule has 4 rings (SSSR count). The molecular weight excluding hydrogens is 252 g/mol. The number of Topliss-reactive ketones (excluding diaryl/α,β-unsaturated/α-hetero) is 1. The lowest BCUT2D eigenvalue weighted by atomic mass is 9.60. The van der Waals surface area contributed by atoms with Crippen LogP contribution >= 0.6 is 0 Å². The van der Waals surface area contributed by atoms with E-state index in [-0.39, 0.29) is 17.1 Å².